The van der Waals surface area contributed by atoms with Crippen molar-refractivity contribution in [3.8, 4) is 0 Å². The summed E-state index contributed by atoms with van der Waals surface area (Å²) in [5.74, 6) is -1.03. The first-order valence-electron chi connectivity index (χ1n) is 18.0. The molecule has 0 aliphatic heterocycles. The maximum absolute atomic E-state index is 13.6. The van der Waals surface area contributed by atoms with Crippen LogP contribution in [0.1, 0.15) is 98.5 Å². The van der Waals surface area contributed by atoms with Crippen LogP contribution in [0, 0.1) is 29.6 Å². The van der Waals surface area contributed by atoms with E-state index in [9.17, 15) is 24.3 Å². The predicted octanol–water partition coefficient (Wildman–Crippen LogP) is 6.87. The zero-order valence-corrected chi connectivity index (χ0v) is 31.4. The summed E-state index contributed by atoms with van der Waals surface area (Å²) in [4.78, 5) is 52.8. The molecule has 0 saturated carbocycles. The van der Waals surface area contributed by atoms with E-state index in [0.717, 1.165) is 44.2 Å². The van der Waals surface area contributed by atoms with Crippen LogP contribution in [0.25, 0.3) is 0 Å². The van der Waals surface area contributed by atoms with Gasteiger partial charge in [0.25, 0.3) is 0 Å². The van der Waals surface area contributed by atoms with Crippen LogP contribution in [0.2, 0.25) is 0 Å². The lowest BCUT2D eigenvalue weighted by Gasteiger charge is -2.33. The average molecular weight is 688 g/mol. The standard InChI is InChI=1S/C39H65N3O7/c1-10-18-30(7)32(34(48-9)25-35(44)45)23-29(6)24-33(43)36(27(2)3)41-38(46)37(28(4)5)42(8)22-17-12-11-16-21-40-39(47)49-26-31-19-14-13-15-20-31/h10,13-15,19-20,27-30,32,34,36-37H,1,11-12,16-18,21-26H2,2-9H3,(H,40,47)(H,41,46)(H,44,45). The maximum Gasteiger partial charge on any atom is 0.407 e. The molecule has 3 N–H and O–H groups in total. The van der Waals surface area contributed by atoms with Gasteiger partial charge in [0, 0.05) is 20.1 Å². The van der Waals surface area contributed by atoms with Gasteiger partial charge in [-0.05, 0) is 74.4 Å². The van der Waals surface area contributed by atoms with E-state index >= 15 is 0 Å². The van der Waals surface area contributed by atoms with Gasteiger partial charge in [0.05, 0.1) is 24.6 Å². The van der Waals surface area contributed by atoms with Crippen molar-refractivity contribution >= 4 is 23.8 Å². The van der Waals surface area contributed by atoms with Crippen LogP contribution in [0.15, 0.2) is 43.0 Å². The Balaban J connectivity index is 2.63. The number of aliphatic carboxylic acids is 1. The number of allylic oxidation sites excluding steroid dienone is 1. The number of methoxy groups -OCH3 is 1. The number of hydrogen-bond acceptors (Lipinski definition) is 7. The normalized spacial score (nSPS) is 15.2. The molecule has 0 heterocycles. The molecule has 0 saturated heterocycles. The number of carbonyl (C=O) groups is 4. The van der Waals surface area contributed by atoms with Crippen LogP contribution < -0.4 is 10.6 Å². The molecule has 0 aliphatic carbocycles. The van der Waals surface area contributed by atoms with E-state index in [1.165, 1.54) is 7.11 Å². The van der Waals surface area contributed by atoms with Gasteiger partial charge in [0.1, 0.15) is 6.61 Å². The van der Waals surface area contributed by atoms with E-state index in [-0.39, 0.29) is 66.8 Å². The first kappa shape index (κ1) is 43.8. The number of Topliss-reactive ketones (excluding diaryl/α,β-unsaturated/α-hetero) is 1. The Morgan fingerprint density at radius 1 is 0.939 bits per heavy atom. The van der Waals surface area contributed by atoms with Crippen LogP contribution in [0.5, 0.6) is 0 Å². The predicted molar refractivity (Wildman–Crippen MR) is 195 cm³/mol. The molecule has 0 aliphatic rings. The Labute approximate surface area is 295 Å². The number of nitrogens with one attached hydrogen (secondary N) is 2. The van der Waals surface area contributed by atoms with Crippen LogP contribution in [-0.2, 0) is 30.5 Å². The molecule has 1 aromatic rings. The first-order chi connectivity index (χ1) is 23.2. The lowest BCUT2D eigenvalue weighted by atomic mass is 9.77. The molecular weight excluding hydrogens is 622 g/mol. The zero-order valence-electron chi connectivity index (χ0n) is 31.4. The summed E-state index contributed by atoms with van der Waals surface area (Å²) in [6.45, 7) is 17.4. The maximum atomic E-state index is 13.6. The Bertz CT molecular complexity index is 1130. The van der Waals surface area contributed by atoms with Crippen molar-refractivity contribution in [3.63, 3.8) is 0 Å². The minimum absolute atomic E-state index is 0.0131. The number of ketones is 1. The summed E-state index contributed by atoms with van der Waals surface area (Å²) >= 11 is 0. The second-order valence-electron chi connectivity index (χ2n) is 14.4. The number of carbonyl (C=O) groups excluding carboxylic acids is 3. The number of unbranched alkanes of at least 4 members (excludes halogenated alkanes) is 3. The number of rotatable bonds is 26. The van der Waals surface area contributed by atoms with E-state index in [4.69, 9.17) is 9.47 Å². The number of amides is 2. The highest BCUT2D eigenvalue weighted by molar-refractivity contribution is 5.91. The molecule has 278 valence electrons. The van der Waals surface area contributed by atoms with Gasteiger partial charge in [-0.25, -0.2) is 4.79 Å². The number of carboxylic acid groups (broad SMARTS) is 1. The zero-order chi connectivity index (χ0) is 36.9. The van der Waals surface area contributed by atoms with Crippen molar-refractivity contribution in [2.45, 2.75) is 118 Å². The number of carboxylic acids is 1. The van der Waals surface area contributed by atoms with Gasteiger partial charge < -0.3 is 25.2 Å². The van der Waals surface area contributed by atoms with E-state index < -0.39 is 24.2 Å². The highest BCUT2D eigenvalue weighted by atomic mass is 16.5. The third-order valence-electron chi connectivity index (χ3n) is 9.26. The molecule has 0 radical (unpaired) electrons. The lowest BCUT2D eigenvalue weighted by molar-refractivity contribution is -0.141. The molecule has 10 heteroatoms. The summed E-state index contributed by atoms with van der Waals surface area (Å²) < 4.78 is 10.9. The molecule has 6 unspecified atom stereocenters. The third-order valence-corrected chi connectivity index (χ3v) is 9.26. The summed E-state index contributed by atoms with van der Waals surface area (Å²) in [7, 11) is 3.49. The summed E-state index contributed by atoms with van der Waals surface area (Å²) in [6, 6.07) is 8.57. The molecule has 10 nitrogen and oxygen atoms in total. The van der Waals surface area contributed by atoms with E-state index in [1.807, 2.05) is 78.1 Å². The molecule has 1 rings (SSSR count). The Hall–Kier alpha value is -3.24. The van der Waals surface area contributed by atoms with Crippen molar-refractivity contribution in [2.75, 3.05) is 27.2 Å². The van der Waals surface area contributed by atoms with Crippen LogP contribution in [0.4, 0.5) is 4.79 Å². The fraction of sp³-hybridized carbons (Fsp3) is 0.692. The SMILES string of the molecule is C=CCC(C)C(CC(C)CC(=O)C(NC(=O)C(C(C)C)N(C)CCCCCCNC(=O)OCc1ccccc1)C(C)C)C(CC(=O)O)OC. The molecule has 0 fully saturated rings. The Kier molecular flexibility index (Phi) is 21.4. The number of ether oxygens (including phenoxy) is 2. The number of likely N-dealkylation sites (N-methyl/N-ethyl adjacent to an activating group) is 1. The minimum atomic E-state index is -0.912. The molecule has 6 atom stereocenters. The van der Waals surface area contributed by atoms with Gasteiger partial charge in [-0.2, -0.15) is 0 Å². The topological polar surface area (TPSA) is 134 Å². The monoisotopic (exact) mass is 687 g/mol. The van der Waals surface area contributed by atoms with E-state index in [2.05, 4.69) is 29.0 Å². The molecule has 0 bridgehead atoms. The molecule has 0 spiro atoms. The van der Waals surface area contributed by atoms with Crippen LogP contribution >= 0.6 is 0 Å². The van der Waals surface area contributed by atoms with E-state index in [0.29, 0.717) is 13.0 Å². The summed E-state index contributed by atoms with van der Waals surface area (Å²) in [5.41, 5.74) is 0.946. The first-order valence-corrected chi connectivity index (χ1v) is 18.0. The highest BCUT2D eigenvalue weighted by Crippen LogP contribution is 2.31. The molecule has 2 amide bonds. The largest absolute Gasteiger partial charge is 0.481 e. The van der Waals surface area contributed by atoms with Crippen molar-refractivity contribution in [3.05, 3.63) is 48.6 Å². The van der Waals surface area contributed by atoms with Gasteiger partial charge in [-0.3, -0.25) is 19.3 Å². The second kappa shape index (κ2) is 24.0. The van der Waals surface area contributed by atoms with Crippen molar-refractivity contribution in [1.29, 1.82) is 0 Å². The summed E-state index contributed by atoms with van der Waals surface area (Å²) in [6.07, 6.45) is 6.17. The number of nitrogens with zero attached hydrogens (tertiary/aromatic N) is 1. The van der Waals surface area contributed by atoms with Gasteiger partial charge in [0.15, 0.2) is 5.78 Å². The summed E-state index contributed by atoms with van der Waals surface area (Å²) in [5, 5.41) is 15.3. The molecule has 1 aromatic carbocycles. The lowest BCUT2D eigenvalue weighted by Crippen LogP contribution is -2.54. The quantitative estimate of drug-likeness (QED) is 0.0710. The molecular formula is C39H65N3O7. The van der Waals surface area contributed by atoms with Gasteiger partial charge in [-0.15, -0.1) is 6.58 Å². The minimum Gasteiger partial charge on any atom is -0.481 e. The van der Waals surface area contributed by atoms with Gasteiger partial charge in [-0.1, -0.05) is 90.8 Å². The van der Waals surface area contributed by atoms with Crippen LogP contribution in [0.3, 0.4) is 0 Å². The molecule has 49 heavy (non-hydrogen) atoms. The van der Waals surface area contributed by atoms with Gasteiger partial charge in [0.2, 0.25) is 5.91 Å². The number of alkyl carbamates (subject to hydrolysis) is 1. The highest BCUT2D eigenvalue weighted by Gasteiger charge is 2.34. The van der Waals surface area contributed by atoms with Gasteiger partial charge >= 0.3 is 12.1 Å². The Morgan fingerprint density at radius 2 is 1.59 bits per heavy atom. The van der Waals surface area contributed by atoms with Crippen molar-refractivity contribution in [1.82, 2.24) is 15.5 Å². The van der Waals surface area contributed by atoms with Crippen molar-refractivity contribution in [2.24, 2.45) is 29.6 Å². The van der Waals surface area contributed by atoms with Crippen LogP contribution in [-0.4, -0.2) is 79.2 Å². The fourth-order valence-corrected chi connectivity index (χ4v) is 6.60. The third kappa shape index (κ3) is 17.3. The number of benzene rings is 1. The Morgan fingerprint density at radius 3 is 2.16 bits per heavy atom. The smallest absolute Gasteiger partial charge is 0.407 e. The number of hydrogen-bond donors (Lipinski definition) is 3. The van der Waals surface area contributed by atoms with Crippen molar-refractivity contribution < 1.29 is 33.8 Å². The second-order valence-corrected chi connectivity index (χ2v) is 14.4. The fourth-order valence-electron chi connectivity index (χ4n) is 6.60. The molecule has 0 aromatic heterocycles. The van der Waals surface area contributed by atoms with E-state index in [1.54, 1.807) is 0 Å². The average Bonchev–Trinajstić information content (AvgIpc) is 3.03.